The second kappa shape index (κ2) is 6.61. The van der Waals surface area contributed by atoms with Crippen LogP contribution in [0.25, 0.3) is 0 Å². The highest BCUT2D eigenvalue weighted by atomic mass is 16.2. The minimum atomic E-state index is 0.0208. The summed E-state index contributed by atoms with van der Waals surface area (Å²) in [5.74, 6) is 0.155. The molecule has 114 valence electrons. The van der Waals surface area contributed by atoms with Gasteiger partial charge in [0.1, 0.15) is 0 Å². The van der Waals surface area contributed by atoms with Crippen molar-refractivity contribution < 1.29 is 9.59 Å². The highest BCUT2D eigenvalue weighted by Gasteiger charge is 2.27. The fourth-order valence-electron chi connectivity index (χ4n) is 2.65. The predicted octanol–water partition coefficient (Wildman–Crippen LogP) is 1.57. The number of nitrogens with zero attached hydrogens (tertiary/aromatic N) is 1. The molecule has 1 saturated heterocycles. The van der Waals surface area contributed by atoms with Crippen molar-refractivity contribution in [3.63, 3.8) is 0 Å². The number of rotatable bonds is 3. The van der Waals surface area contributed by atoms with Gasteiger partial charge < -0.3 is 16.0 Å². The van der Waals surface area contributed by atoms with Crippen LogP contribution in [-0.2, 0) is 4.79 Å². The Bertz CT molecular complexity index is 534. The van der Waals surface area contributed by atoms with E-state index in [1.807, 2.05) is 24.8 Å². The Morgan fingerprint density at radius 2 is 2.00 bits per heavy atom. The monoisotopic (exact) mass is 289 g/mol. The highest BCUT2D eigenvalue weighted by Crippen LogP contribution is 2.20. The third kappa shape index (κ3) is 3.54. The first-order valence-corrected chi connectivity index (χ1v) is 7.46. The van der Waals surface area contributed by atoms with Gasteiger partial charge in [0.25, 0.3) is 5.91 Å². The maximum Gasteiger partial charge on any atom is 0.253 e. The fraction of sp³-hybridized carbons (Fsp3) is 0.500. The largest absolute Gasteiger partial charge is 0.399 e. The molecule has 0 unspecified atom stereocenters. The van der Waals surface area contributed by atoms with E-state index in [2.05, 4.69) is 5.32 Å². The number of hydrogen-bond donors (Lipinski definition) is 2. The minimum absolute atomic E-state index is 0.0208. The molecule has 1 aliphatic heterocycles. The lowest BCUT2D eigenvalue weighted by molar-refractivity contribution is -0.126. The van der Waals surface area contributed by atoms with Gasteiger partial charge in [0.15, 0.2) is 0 Å². The standard InChI is InChI=1S/C16H23N3O2/c1-3-18-15(20)12-6-8-19(9-7-12)16(21)13-4-5-14(17)11(2)10-13/h4-5,10,12H,3,6-9,17H2,1-2H3,(H,18,20). The maximum absolute atomic E-state index is 12.5. The molecule has 1 aromatic rings. The van der Waals surface area contributed by atoms with E-state index in [-0.39, 0.29) is 17.7 Å². The summed E-state index contributed by atoms with van der Waals surface area (Å²) in [6.45, 7) is 5.73. The topological polar surface area (TPSA) is 75.4 Å². The van der Waals surface area contributed by atoms with Gasteiger partial charge in [0.2, 0.25) is 5.91 Å². The Morgan fingerprint density at radius 1 is 1.33 bits per heavy atom. The molecule has 1 fully saturated rings. The zero-order valence-electron chi connectivity index (χ0n) is 12.7. The molecule has 1 aliphatic rings. The number of hydrogen-bond acceptors (Lipinski definition) is 3. The lowest BCUT2D eigenvalue weighted by atomic mass is 9.95. The summed E-state index contributed by atoms with van der Waals surface area (Å²) in [5, 5.41) is 2.85. The van der Waals surface area contributed by atoms with Crippen LogP contribution in [0.1, 0.15) is 35.7 Å². The molecule has 2 rings (SSSR count). The van der Waals surface area contributed by atoms with Crippen molar-refractivity contribution in [1.29, 1.82) is 0 Å². The molecule has 0 bridgehead atoms. The Labute approximate surface area is 125 Å². The van der Waals surface area contributed by atoms with Crippen molar-refractivity contribution in [2.24, 2.45) is 5.92 Å². The third-order valence-electron chi connectivity index (χ3n) is 4.02. The number of nitrogen functional groups attached to an aromatic ring is 1. The van der Waals surface area contributed by atoms with E-state index in [1.54, 1.807) is 12.1 Å². The molecular formula is C16H23N3O2. The molecule has 1 heterocycles. The number of nitrogens with two attached hydrogens (primary N) is 1. The van der Waals surface area contributed by atoms with E-state index < -0.39 is 0 Å². The van der Waals surface area contributed by atoms with Crippen molar-refractivity contribution in [3.05, 3.63) is 29.3 Å². The molecular weight excluding hydrogens is 266 g/mol. The van der Waals surface area contributed by atoms with Gasteiger partial charge in [-0.2, -0.15) is 0 Å². The highest BCUT2D eigenvalue weighted by molar-refractivity contribution is 5.95. The second-order valence-corrected chi connectivity index (χ2v) is 5.53. The second-order valence-electron chi connectivity index (χ2n) is 5.53. The molecule has 0 aliphatic carbocycles. The van der Waals surface area contributed by atoms with Crippen LogP contribution in [0.5, 0.6) is 0 Å². The number of carbonyl (C=O) groups is 2. The van der Waals surface area contributed by atoms with Gasteiger partial charge in [0, 0.05) is 36.8 Å². The van der Waals surface area contributed by atoms with Gasteiger partial charge in [0.05, 0.1) is 0 Å². The van der Waals surface area contributed by atoms with E-state index in [4.69, 9.17) is 5.73 Å². The van der Waals surface area contributed by atoms with Gasteiger partial charge in [-0.1, -0.05) is 0 Å². The zero-order valence-corrected chi connectivity index (χ0v) is 12.7. The molecule has 3 N–H and O–H groups in total. The average molecular weight is 289 g/mol. The van der Waals surface area contributed by atoms with Crippen LogP contribution in [0.15, 0.2) is 18.2 Å². The van der Waals surface area contributed by atoms with Gasteiger partial charge in [-0.15, -0.1) is 0 Å². The zero-order chi connectivity index (χ0) is 15.4. The Kier molecular flexibility index (Phi) is 4.83. The van der Waals surface area contributed by atoms with Crippen LogP contribution in [0.2, 0.25) is 0 Å². The molecule has 0 radical (unpaired) electrons. The van der Waals surface area contributed by atoms with Crippen LogP contribution in [0.3, 0.4) is 0 Å². The maximum atomic E-state index is 12.5. The number of anilines is 1. The van der Waals surface area contributed by atoms with Gasteiger partial charge in [-0.3, -0.25) is 9.59 Å². The van der Waals surface area contributed by atoms with Crippen molar-refractivity contribution in [2.45, 2.75) is 26.7 Å². The van der Waals surface area contributed by atoms with Crippen molar-refractivity contribution >= 4 is 17.5 Å². The van der Waals surface area contributed by atoms with Crippen LogP contribution < -0.4 is 11.1 Å². The molecule has 2 amide bonds. The number of nitrogens with one attached hydrogen (secondary N) is 1. The van der Waals surface area contributed by atoms with Crippen molar-refractivity contribution in [3.8, 4) is 0 Å². The first-order chi connectivity index (χ1) is 10.0. The molecule has 0 saturated carbocycles. The van der Waals surface area contributed by atoms with Gasteiger partial charge >= 0.3 is 0 Å². The Hall–Kier alpha value is -2.04. The minimum Gasteiger partial charge on any atom is -0.399 e. The average Bonchev–Trinajstić information content (AvgIpc) is 2.50. The van der Waals surface area contributed by atoms with Crippen LogP contribution >= 0.6 is 0 Å². The Morgan fingerprint density at radius 3 is 2.57 bits per heavy atom. The van der Waals surface area contributed by atoms with Gasteiger partial charge in [-0.25, -0.2) is 0 Å². The van der Waals surface area contributed by atoms with E-state index in [0.29, 0.717) is 30.9 Å². The predicted molar refractivity (Wildman–Crippen MR) is 82.9 cm³/mol. The lowest BCUT2D eigenvalue weighted by Gasteiger charge is -2.31. The molecule has 0 aromatic heterocycles. The Balaban J connectivity index is 1.97. The molecule has 21 heavy (non-hydrogen) atoms. The summed E-state index contributed by atoms with van der Waals surface area (Å²) in [6.07, 6.45) is 1.46. The van der Waals surface area contributed by atoms with Crippen LogP contribution in [-0.4, -0.2) is 36.3 Å². The van der Waals surface area contributed by atoms with E-state index in [1.165, 1.54) is 0 Å². The molecule has 5 nitrogen and oxygen atoms in total. The number of amides is 2. The number of likely N-dealkylation sites (tertiary alicyclic amines) is 1. The molecule has 0 spiro atoms. The van der Waals surface area contributed by atoms with Crippen molar-refractivity contribution in [2.75, 3.05) is 25.4 Å². The number of aryl methyl sites for hydroxylation is 1. The summed E-state index contributed by atoms with van der Waals surface area (Å²) < 4.78 is 0. The molecule has 5 heteroatoms. The van der Waals surface area contributed by atoms with Crippen molar-refractivity contribution in [1.82, 2.24) is 10.2 Å². The fourth-order valence-corrected chi connectivity index (χ4v) is 2.65. The summed E-state index contributed by atoms with van der Waals surface area (Å²) in [7, 11) is 0. The van der Waals surface area contributed by atoms with E-state index in [9.17, 15) is 9.59 Å². The first-order valence-electron chi connectivity index (χ1n) is 7.46. The summed E-state index contributed by atoms with van der Waals surface area (Å²) in [4.78, 5) is 26.1. The number of piperidine rings is 1. The van der Waals surface area contributed by atoms with Crippen LogP contribution in [0, 0.1) is 12.8 Å². The SMILES string of the molecule is CCNC(=O)C1CCN(C(=O)c2ccc(N)c(C)c2)CC1. The van der Waals surface area contributed by atoms with Crippen LogP contribution in [0.4, 0.5) is 5.69 Å². The normalized spacial score (nSPS) is 15.8. The third-order valence-corrected chi connectivity index (χ3v) is 4.02. The first kappa shape index (κ1) is 15.4. The molecule has 0 atom stereocenters. The van der Waals surface area contributed by atoms with E-state index in [0.717, 1.165) is 18.4 Å². The molecule has 1 aromatic carbocycles. The van der Waals surface area contributed by atoms with E-state index >= 15 is 0 Å². The summed E-state index contributed by atoms with van der Waals surface area (Å²) in [6, 6.07) is 5.36. The lowest BCUT2D eigenvalue weighted by Crippen LogP contribution is -2.43. The summed E-state index contributed by atoms with van der Waals surface area (Å²) >= 11 is 0. The summed E-state index contributed by atoms with van der Waals surface area (Å²) in [5.41, 5.74) is 8.05. The number of benzene rings is 1. The smallest absolute Gasteiger partial charge is 0.253 e. The van der Waals surface area contributed by atoms with Gasteiger partial charge in [-0.05, 0) is 50.5 Å². The quantitative estimate of drug-likeness (QED) is 0.829. The number of carbonyl (C=O) groups excluding carboxylic acids is 2.